The van der Waals surface area contributed by atoms with E-state index in [2.05, 4.69) is 154 Å². The van der Waals surface area contributed by atoms with Gasteiger partial charge in [-0.15, -0.1) is 0 Å². The van der Waals surface area contributed by atoms with Gasteiger partial charge in [-0.05, 0) is 109 Å². The van der Waals surface area contributed by atoms with Gasteiger partial charge < -0.3 is 14.2 Å². The predicted octanol–water partition coefficient (Wildman–Crippen LogP) is 23.3. The van der Waals surface area contributed by atoms with Gasteiger partial charge in [-0.2, -0.15) is 0 Å². The lowest BCUT2D eigenvalue weighted by molar-refractivity contribution is -0.167. The number of carbonyl (C=O) groups is 3. The average molecular weight is 1120 g/mol. The van der Waals surface area contributed by atoms with E-state index in [0.717, 1.165) is 128 Å². The summed E-state index contributed by atoms with van der Waals surface area (Å²) in [5, 5.41) is 0. The molecule has 0 N–H and O–H groups in total. The number of esters is 3. The molecule has 0 aliphatic rings. The summed E-state index contributed by atoms with van der Waals surface area (Å²) in [4.78, 5) is 38.4. The fraction of sp³-hybridized carbons (Fsp3) is 0.667. The minimum absolute atomic E-state index is 0.105. The Kier molecular flexibility index (Phi) is 64.3. The van der Waals surface area contributed by atoms with Gasteiger partial charge in [0, 0.05) is 19.3 Å². The van der Waals surface area contributed by atoms with Crippen LogP contribution in [0.2, 0.25) is 0 Å². The van der Waals surface area contributed by atoms with Crippen molar-refractivity contribution in [2.45, 2.75) is 309 Å². The lowest BCUT2D eigenvalue weighted by Gasteiger charge is -2.18. The first kappa shape index (κ1) is 76.5. The second-order valence-corrected chi connectivity index (χ2v) is 22.0. The summed E-state index contributed by atoms with van der Waals surface area (Å²) in [6.07, 6.45) is 96.1. The summed E-state index contributed by atoms with van der Waals surface area (Å²) in [6.45, 7) is 6.38. The minimum atomic E-state index is -0.813. The number of ether oxygens (including phenoxy) is 3. The predicted molar refractivity (Wildman–Crippen MR) is 353 cm³/mol. The highest BCUT2D eigenvalue weighted by Gasteiger charge is 2.19. The van der Waals surface area contributed by atoms with Crippen LogP contribution in [0.3, 0.4) is 0 Å². The molecule has 0 saturated heterocycles. The number of unbranched alkanes of at least 4 members (excludes halogenated alkanes) is 27. The lowest BCUT2D eigenvalue weighted by atomic mass is 10.0. The van der Waals surface area contributed by atoms with Crippen LogP contribution in [0, 0.1) is 0 Å². The molecule has 0 bridgehead atoms. The Morgan fingerprint density at radius 2 is 0.494 bits per heavy atom. The van der Waals surface area contributed by atoms with Crippen molar-refractivity contribution < 1.29 is 28.6 Å². The molecule has 0 fully saturated rings. The van der Waals surface area contributed by atoms with E-state index in [9.17, 15) is 14.4 Å². The van der Waals surface area contributed by atoms with Crippen LogP contribution in [-0.2, 0) is 28.6 Å². The zero-order valence-corrected chi connectivity index (χ0v) is 52.8. The molecular formula is C75H124O6. The Balaban J connectivity index is 4.46. The molecule has 0 amide bonds. The van der Waals surface area contributed by atoms with Crippen molar-refractivity contribution in [2.24, 2.45) is 0 Å². The van der Waals surface area contributed by atoms with Crippen LogP contribution in [0.15, 0.2) is 134 Å². The van der Waals surface area contributed by atoms with Crippen LogP contribution in [0.1, 0.15) is 303 Å². The molecule has 0 aromatic rings. The summed E-state index contributed by atoms with van der Waals surface area (Å²) in [5.41, 5.74) is 0. The normalized spacial score (nSPS) is 13.0. The lowest BCUT2D eigenvalue weighted by Crippen LogP contribution is -2.30. The van der Waals surface area contributed by atoms with Gasteiger partial charge in [0.25, 0.3) is 0 Å². The largest absolute Gasteiger partial charge is 0.462 e. The molecule has 0 saturated carbocycles. The van der Waals surface area contributed by atoms with Gasteiger partial charge in [-0.25, -0.2) is 0 Å². The highest BCUT2D eigenvalue weighted by molar-refractivity contribution is 5.71. The highest BCUT2D eigenvalue weighted by Crippen LogP contribution is 2.17. The maximum absolute atomic E-state index is 12.9. The van der Waals surface area contributed by atoms with Crippen molar-refractivity contribution in [3.05, 3.63) is 134 Å². The molecule has 6 nitrogen and oxygen atoms in total. The maximum Gasteiger partial charge on any atom is 0.306 e. The molecule has 0 spiro atoms. The zero-order valence-electron chi connectivity index (χ0n) is 52.8. The van der Waals surface area contributed by atoms with Crippen LogP contribution < -0.4 is 0 Å². The summed E-state index contributed by atoms with van der Waals surface area (Å²) in [7, 11) is 0. The van der Waals surface area contributed by atoms with Gasteiger partial charge in [0.1, 0.15) is 13.2 Å². The van der Waals surface area contributed by atoms with Crippen molar-refractivity contribution in [2.75, 3.05) is 13.2 Å². The number of allylic oxidation sites excluding steroid dienone is 22. The van der Waals surface area contributed by atoms with E-state index >= 15 is 0 Å². The molecule has 0 heterocycles. The fourth-order valence-corrected chi connectivity index (χ4v) is 9.19. The van der Waals surface area contributed by atoms with Crippen LogP contribution in [-0.4, -0.2) is 37.2 Å². The number of rotatable bonds is 60. The molecule has 0 rings (SSSR count). The molecule has 0 radical (unpaired) electrons. The standard InChI is InChI=1S/C75H124O6/c1-4-7-10-13-16-19-22-25-28-31-33-35-36-37-38-40-41-44-47-50-53-56-59-62-65-68-74(77)80-71-72(70-79-73(76)67-64-61-58-55-52-49-46-43-30-27-24-21-18-15-12-9-6-3)81-75(78)69-66-63-60-57-54-51-48-45-42-39-34-32-29-26-23-20-17-14-11-8-5-2/h7,9-10,12,16,18-19,21,25,27-28,30,33,35,37-38,41,44,46,49,55,58,72H,4-6,8,11,13-15,17,20,22-24,26,29,31-32,34,36,39-40,42-43,45,47-48,50-54,56-57,59-71H2,1-3H3/b10-7-,12-9-,19-16-,21-18-,28-25-,30-27-,35-33-,38-37-,44-41-,49-46-,58-55-. The molecule has 6 heteroatoms. The van der Waals surface area contributed by atoms with E-state index in [-0.39, 0.29) is 37.5 Å². The fourth-order valence-electron chi connectivity index (χ4n) is 9.19. The van der Waals surface area contributed by atoms with E-state index < -0.39 is 6.10 Å². The molecular weight excluding hydrogens is 997 g/mol. The first-order valence-corrected chi connectivity index (χ1v) is 33.7. The van der Waals surface area contributed by atoms with Gasteiger partial charge in [0.2, 0.25) is 0 Å². The number of carbonyl (C=O) groups excluding carboxylic acids is 3. The monoisotopic (exact) mass is 1120 g/mol. The Hall–Kier alpha value is -4.45. The van der Waals surface area contributed by atoms with E-state index in [0.29, 0.717) is 19.3 Å². The molecule has 0 aromatic carbocycles. The van der Waals surface area contributed by atoms with Crippen molar-refractivity contribution in [1.29, 1.82) is 0 Å². The second kappa shape index (κ2) is 68.1. The van der Waals surface area contributed by atoms with Crippen molar-refractivity contribution in [1.82, 2.24) is 0 Å². The Bertz CT molecular complexity index is 1720. The number of hydrogen-bond acceptors (Lipinski definition) is 6. The van der Waals surface area contributed by atoms with Crippen LogP contribution >= 0.6 is 0 Å². The molecule has 0 aliphatic carbocycles. The summed E-state index contributed by atoms with van der Waals surface area (Å²) in [5.74, 6) is -0.970. The maximum atomic E-state index is 12.9. The van der Waals surface area contributed by atoms with E-state index in [1.807, 2.05) is 0 Å². The Labute approximate surface area is 500 Å². The molecule has 460 valence electrons. The van der Waals surface area contributed by atoms with E-state index in [1.165, 1.54) is 128 Å². The van der Waals surface area contributed by atoms with Crippen molar-refractivity contribution in [3.63, 3.8) is 0 Å². The van der Waals surface area contributed by atoms with Crippen LogP contribution in [0.25, 0.3) is 0 Å². The minimum Gasteiger partial charge on any atom is -0.462 e. The molecule has 1 unspecified atom stereocenters. The van der Waals surface area contributed by atoms with Gasteiger partial charge in [-0.1, -0.05) is 309 Å². The first-order chi connectivity index (χ1) is 40.0. The third-order valence-corrected chi connectivity index (χ3v) is 14.2. The van der Waals surface area contributed by atoms with Gasteiger partial charge >= 0.3 is 17.9 Å². The summed E-state index contributed by atoms with van der Waals surface area (Å²) >= 11 is 0. The zero-order chi connectivity index (χ0) is 58.5. The van der Waals surface area contributed by atoms with Crippen molar-refractivity contribution >= 4 is 17.9 Å². The average Bonchev–Trinajstić information content (AvgIpc) is 3.47. The van der Waals surface area contributed by atoms with Crippen LogP contribution in [0.5, 0.6) is 0 Å². The second-order valence-electron chi connectivity index (χ2n) is 22.0. The van der Waals surface area contributed by atoms with E-state index in [1.54, 1.807) is 0 Å². The third kappa shape index (κ3) is 66.2. The Morgan fingerprint density at radius 1 is 0.259 bits per heavy atom. The van der Waals surface area contributed by atoms with E-state index in [4.69, 9.17) is 14.2 Å². The Morgan fingerprint density at radius 3 is 0.802 bits per heavy atom. The first-order valence-electron chi connectivity index (χ1n) is 33.7. The molecule has 0 aromatic heterocycles. The quantitative estimate of drug-likeness (QED) is 0.0261. The molecule has 1 atom stereocenters. The molecule has 81 heavy (non-hydrogen) atoms. The molecule has 0 aliphatic heterocycles. The van der Waals surface area contributed by atoms with Crippen LogP contribution in [0.4, 0.5) is 0 Å². The highest BCUT2D eigenvalue weighted by atomic mass is 16.6. The van der Waals surface area contributed by atoms with Crippen molar-refractivity contribution in [3.8, 4) is 0 Å². The third-order valence-electron chi connectivity index (χ3n) is 14.2. The smallest absolute Gasteiger partial charge is 0.306 e. The summed E-state index contributed by atoms with van der Waals surface area (Å²) in [6, 6.07) is 0. The SMILES string of the molecule is CC/C=C\C/C=C\C/C=C\C/C=C\C/C=C\C/C=C\CCCCCCCCC(=O)OCC(COC(=O)CCC/C=C\C/C=C\C/C=C\C/C=C\C/C=C\CC)OC(=O)CCCCCCCCCCCCCCCCCCCCCCC. The van der Waals surface area contributed by atoms with Gasteiger partial charge in [-0.3, -0.25) is 14.4 Å². The van der Waals surface area contributed by atoms with Gasteiger partial charge in [0.15, 0.2) is 6.10 Å². The van der Waals surface area contributed by atoms with Gasteiger partial charge in [0.05, 0.1) is 0 Å². The number of hydrogen-bond donors (Lipinski definition) is 0. The topological polar surface area (TPSA) is 78.9 Å². The summed E-state index contributed by atoms with van der Waals surface area (Å²) < 4.78 is 16.9.